The Bertz CT molecular complexity index is 776. The minimum Gasteiger partial charge on any atom is -0.337 e. The molecule has 1 aliphatic rings. The summed E-state index contributed by atoms with van der Waals surface area (Å²) < 4.78 is 0. The molecule has 3 rings (SSSR count). The molecule has 0 saturated carbocycles. The summed E-state index contributed by atoms with van der Waals surface area (Å²) in [6, 6.07) is 17.7. The van der Waals surface area contributed by atoms with Crippen LogP contribution in [0.5, 0.6) is 0 Å². The van der Waals surface area contributed by atoms with Gasteiger partial charge >= 0.3 is 0 Å². The van der Waals surface area contributed by atoms with Crippen LogP contribution in [0.4, 0.5) is 0 Å². The molecule has 25 heavy (non-hydrogen) atoms. The number of rotatable bonds is 3. The predicted molar refractivity (Wildman–Crippen MR) is 98.1 cm³/mol. The van der Waals surface area contributed by atoms with Crippen molar-refractivity contribution in [3.8, 4) is 6.07 Å². The Labute approximate surface area is 149 Å². The van der Waals surface area contributed by atoms with Crippen molar-refractivity contribution in [2.45, 2.75) is 19.9 Å². The minimum atomic E-state index is 0.119. The molecule has 0 unspecified atom stereocenters. The molecule has 4 nitrogen and oxygen atoms in total. The topological polar surface area (TPSA) is 47.3 Å². The second-order valence-corrected chi connectivity index (χ2v) is 6.60. The van der Waals surface area contributed by atoms with Crippen LogP contribution < -0.4 is 0 Å². The van der Waals surface area contributed by atoms with Crippen molar-refractivity contribution in [2.24, 2.45) is 0 Å². The lowest BCUT2D eigenvalue weighted by molar-refractivity contribution is 0.0761. The molecule has 2 aromatic rings. The molecule has 0 bridgehead atoms. The maximum Gasteiger partial charge on any atom is 0.253 e. The number of carbonyl (C=O) groups excluding carboxylic acids is 1. The van der Waals surface area contributed by atoms with Crippen molar-refractivity contribution in [1.82, 2.24) is 9.80 Å². The third kappa shape index (κ3) is 4.46. The first-order valence-electron chi connectivity index (χ1n) is 8.73. The number of aryl methyl sites for hydroxylation is 1. The largest absolute Gasteiger partial charge is 0.337 e. The number of nitriles is 1. The monoisotopic (exact) mass is 333 g/mol. The molecule has 4 heteroatoms. The van der Waals surface area contributed by atoms with Crippen LogP contribution in [0.3, 0.4) is 0 Å². The summed E-state index contributed by atoms with van der Waals surface area (Å²) in [6.07, 6.45) is 0.968. The summed E-state index contributed by atoms with van der Waals surface area (Å²) in [5.74, 6) is 0.119. The normalized spacial score (nSPS) is 15.4. The van der Waals surface area contributed by atoms with Gasteiger partial charge in [0.05, 0.1) is 11.6 Å². The van der Waals surface area contributed by atoms with Gasteiger partial charge in [0.15, 0.2) is 0 Å². The van der Waals surface area contributed by atoms with Crippen molar-refractivity contribution in [2.75, 3.05) is 26.2 Å². The van der Waals surface area contributed by atoms with Crippen molar-refractivity contribution >= 4 is 5.91 Å². The molecule has 2 aromatic carbocycles. The molecule has 128 valence electrons. The average Bonchev–Trinajstić information content (AvgIpc) is 2.87. The minimum absolute atomic E-state index is 0.119. The van der Waals surface area contributed by atoms with Crippen LogP contribution in [-0.4, -0.2) is 41.9 Å². The Morgan fingerprint density at radius 3 is 2.64 bits per heavy atom. The highest BCUT2D eigenvalue weighted by Gasteiger charge is 2.20. The highest BCUT2D eigenvalue weighted by molar-refractivity contribution is 5.94. The lowest BCUT2D eigenvalue weighted by Gasteiger charge is -2.22. The number of nitrogens with zero attached hydrogens (tertiary/aromatic N) is 3. The van der Waals surface area contributed by atoms with Crippen LogP contribution in [-0.2, 0) is 6.54 Å². The highest BCUT2D eigenvalue weighted by Crippen LogP contribution is 2.13. The first-order chi connectivity index (χ1) is 12.2. The van der Waals surface area contributed by atoms with E-state index in [1.165, 1.54) is 0 Å². The molecule has 1 amide bonds. The number of benzene rings is 2. The number of carbonyl (C=O) groups is 1. The van der Waals surface area contributed by atoms with Gasteiger partial charge in [-0.1, -0.05) is 29.8 Å². The third-order valence-electron chi connectivity index (χ3n) is 4.64. The second kappa shape index (κ2) is 7.96. The fraction of sp³-hybridized carbons (Fsp3) is 0.333. The fourth-order valence-electron chi connectivity index (χ4n) is 3.21. The van der Waals surface area contributed by atoms with E-state index in [1.54, 1.807) is 0 Å². The lowest BCUT2D eigenvalue weighted by Crippen LogP contribution is -2.35. The van der Waals surface area contributed by atoms with Gasteiger partial charge in [-0.15, -0.1) is 0 Å². The van der Waals surface area contributed by atoms with Crippen LogP contribution in [0.2, 0.25) is 0 Å². The average molecular weight is 333 g/mol. The Kier molecular flexibility index (Phi) is 5.47. The van der Waals surface area contributed by atoms with Crippen LogP contribution in [0.25, 0.3) is 0 Å². The van der Waals surface area contributed by atoms with Crippen molar-refractivity contribution in [3.63, 3.8) is 0 Å². The Balaban J connectivity index is 1.61. The molecule has 0 atom stereocenters. The van der Waals surface area contributed by atoms with Crippen molar-refractivity contribution < 1.29 is 4.79 Å². The Morgan fingerprint density at radius 1 is 1.08 bits per heavy atom. The van der Waals surface area contributed by atoms with E-state index in [-0.39, 0.29) is 5.91 Å². The van der Waals surface area contributed by atoms with Gasteiger partial charge in [-0.3, -0.25) is 9.69 Å². The third-order valence-corrected chi connectivity index (χ3v) is 4.64. The summed E-state index contributed by atoms with van der Waals surface area (Å²) in [5.41, 5.74) is 3.78. The van der Waals surface area contributed by atoms with E-state index >= 15 is 0 Å². The molecule has 1 saturated heterocycles. The van der Waals surface area contributed by atoms with Gasteiger partial charge in [0, 0.05) is 38.3 Å². The van der Waals surface area contributed by atoms with E-state index < -0.39 is 0 Å². The molecule has 0 aliphatic carbocycles. The van der Waals surface area contributed by atoms with Crippen LogP contribution >= 0.6 is 0 Å². The second-order valence-electron chi connectivity index (χ2n) is 6.60. The Morgan fingerprint density at radius 2 is 1.88 bits per heavy atom. The number of hydrogen-bond donors (Lipinski definition) is 0. The van der Waals surface area contributed by atoms with E-state index in [0.717, 1.165) is 55.8 Å². The lowest BCUT2D eigenvalue weighted by atomic mass is 10.1. The fourth-order valence-corrected chi connectivity index (χ4v) is 3.21. The molecular formula is C21H23N3O. The zero-order valence-electron chi connectivity index (χ0n) is 14.6. The van der Waals surface area contributed by atoms with Gasteiger partial charge in [0.1, 0.15) is 0 Å². The molecule has 0 aromatic heterocycles. The van der Waals surface area contributed by atoms with Gasteiger partial charge in [-0.05, 0) is 43.2 Å². The molecule has 0 radical (unpaired) electrons. The van der Waals surface area contributed by atoms with E-state index in [4.69, 9.17) is 5.26 Å². The molecule has 1 fully saturated rings. The smallest absolute Gasteiger partial charge is 0.253 e. The van der Waals surface area contributed by atoms with E-state index in [0.29, 0.717) is 5.56 Å². The molecular weight excluding hydrogens is 310 g/mol. The van der Waals surface area contributed by atoms with Crippen molar-refractivity contribution in [3.05, 3.63) is 70.8 Å². The summed E-state index contributed by atoms with van der Waals surface area (Å²) in [7, 11) is 0. The predicted octanol–water partition coefficient (Wildman–Crippen LogP) is 3.21. The summed E-state index contributed by atoms with van der Waals surface area (Å²) >= 11 is 0. The van der Waals surface area contributed by atoms with Gasteiger partial charge < -0.3 is 4.90 Å². The maximum atomic E-state index is 12.7. The zero-order chi connectivity index (χ0) is 17.6. The van der Waals surface area contributed by atoms with Crippen LogP contribution in [0.15, 0.2) is 48.5 Å². The zero-order valence-corrected chi connectivity index (χ0v) is 14.6. The SMILES string of the molecule is Cc1ccc(C(=O)N2CCCN(Cc3cccc(C#N)c3)CC2)cc1. The first-order valence-corrected chi connectivity index (χ1v) is 8.73. The van der Waals surface area contributed by atoms with E-state index in [1.807, 2.05) is 54.3 Å². The Hall–Kier alpha value is -2.64. The molecule has 1 aliphatic heterocycles. The van der Waals surface area contributed by atoms with Gasteiger partial charge in [0.2, 0.25) is 0 Å². The summed E-state index contributed by atoms with van der Waals surface area (Å²) in [5, 5.41) is 9.03. The van der Waals surface area contributed by atoms with Crippen molar-refractivity contribution in [1.29, 1.82) is 5.26 Å². The van der Waals surface area contributed by atoms with Gasteiger partial charge in [-0.25, -0.2) is 0 Å². The maximum absolute atomic E-state index is 12.7. The van der Waals surface area contributed by atoms with Crippen LogP contribution in [0.1, 0.15) is 33.5 Å². The quantitative estimate of drug-likeness (QED) is 0.866. The van der Waals surface area contributed by atoms with E-state index in [9.17, 15) is 4.79 Å². The number of amides is 1. The molecule has 0 spiro atoms. The first kappa shape index (κ1) is 17.2. The van der Waals surface area contributed by atoms with Gasteiger partial charge in [-0.2, -0.15) is 5.26 Å². The van der Waals surface area contributed by atoms with E-state index in [2.05, 4.69) is 17.0 Å². The van der Waals surface area contributed by atoms with Gasteiger partial charge in [0.25, 0.3) is 5.91 Å². The molecule has 0 N–H and O–H groups in total. The summed E-state index contributed by atoms with van der Waals surface area (Å²) in [6.45, 7) is 6.20. The molecule has 1 heterocycles. The highest BCUT2D eigenvalue weighted by atomic mass is 16.2. The number of hydrogen-bond acceptors (Lipinski definition) is 3. The summed E-state index contributed by atoms with van der Waals surface area (Å²) in [4.78, 5) is 17.0. The standard InChI is InChI=1S/C21H23N3O/c1-17-6-8-20(9-7-17)21(25)24-11-3-10-23(12-13-24)16-19-5-2-4-18(14-19)15-22/h2,4-9,14H,3,10-13,16H2,1H3. The van der Waals surface area contributed by atoms with Crippen LogP contribution in [0, 0.1) is 18.3 Å².